The van der Waals surface area contributed by atoms with Gasteiger partial charge in [-0.3, -0.25) is 4.79 Å². The van der Waals surface area contributed by atoms with Crippen molar-refractivity contribution >= 4 is 17.6 Å². The van der Waals surface area contributed by atoms with Crippen LogP contribution in [0.15, 0.2) is 18.2 Å². The van der Waals surface area contributed by atoms with Gasteiger partial charge in [0.2, 0.25) is 5.91 Å². The Morgan fingerprint density at radius 2 is 1.86 bits per heavy atom. The predicted molar refractivity (Wildman–Crippen MR) is 79.8 cm³/mol. The smallest absolute Gasteiger partial charge is 0.335 e. The number of ether oxygens (including phenoxy) is 1. The minimum Gasteiger partial charge on any atom is -0.495 e. The van der Waals surface area contributed by atoms with Crippen molar-refractivity contribution in [1.82, 2.24) is 0 Å². The van der Waals surface area contributed by atoms with Gasteiger partial charge in [0.1, 0.15) is 5.75 Å². The first-order chi connectivity index (χ1) is 10.1. The molecule has 0 saturated heterocycles. The van der Waals surface area contributed by atoms with Gasteiger partial charge in [-0.15, -0.1) is 0 Å². The number of anilines is 1. The molecule has 5 heteroatoms. The number of benzene rings is 1. The summed E-state index contributed by atoms with van der Waals surface area (Å²) in [5, 5.41) is 11.8. The molecule has 1 amide bonds. The van der Waals surface area contributed by atoms with Crippen LogP contribution in [0.25, 0.3) is 0 Å². The Morgan fingerprint density at radius 1 is 1.19 bits per heavy atom. The first-order valence-corrected chi connectivity index (χ1v) is 7.34. The van der Waals surface area contributed by atoms with Crippen LogP contribution in [0.2, 0.25) is 0 Å². The average Bonchev–Trinajstić information content (AvgIpc) is 2.76. The third-order valence-corrected chi connectivity index (χ3v) is 3.93. The van der Waals surface area contributed by atoms with Crippen LogP contribution in [-0.2, 0) is 4.79 Å². The Morgan fingerprint density at radius 3 is 2.43 bits per heavy atom. The van der Waals surface area contributed by atoms with Crippen molar-refractivity contribution < 1.29 is 19.4 Å². The summed E-state index contributed by atoms with van der Waals surface area (Å²) < 4.78 is 5.17. The number of nitrogens with one attached hydrogen (secondary N) is 1. The molecule has 0 heterocycles. The minimum atomic E-state index is -1.02. The molecule has 0 aliphatic heterocycles. The van der Waals surface area contributed by atoms with E-state index in [4.69, 9.17) is 9.84 Å². The molecule has 114 valence electrons. The minimum absolute atomic E-state index is 0.00160. The van der Waals surface area contributed by atoms with Crippen LogP contribution >= 0.6 is 0 Å². The summed E-state index contributed by atoms with van der Waals surface area (Å²) in [6.07, 6.45) is 6.41. The summed E-state index contributed by atoms with van der Waals surface area (Å²) in [6.45, 7) is 0. The van der Waals surface area contributed by atoms with Gasteiger partial charge in [-0.25, -0.2) is 4.79 Å². The first kappa shape index (κ1) is 15.4. The quantitative estimate of drug-likeness (QED) is 0.835. The normalized spacial score (nSPS) is 16.0. The Kier molecular flexibility index (Phi) is 5.20. The molecule has 1 aliphatic carbocycles. The molecule has 1 saturated carbocycles. The van der Waals surface area contributed by atoms with Gasteiger partial charge < -0.3 is 15.2 Å². The van der Waals surface area contributed by atoms with Crippen molar-refractivity contribution in [1.29, 1.82) is 0 Å². The summed E-state index contributed by atoms with van der Waals surface area (Å²) in [5.41, 5.74) is 0.663. The highest BCUT2D eigenvalue weighted by molar-refractivity contribution is 5.95. The van der Waals surface area contributed by atoms with Crippen molar-refractivity contribution in [2.24, 2.45) is 5.92 Å². The van der Waals surface area contributed by atoms with Gasteiger partial charge in [0.15, 0.2) is 0 Å². The van der Waals surface area contributed by atoms with Gasteiger partial charge in [0, 0.05) is 5.92 Å². The highest BCUT2D eigenvalue weighted by Gasteiger charge is 2.21. The molecule has 0 bridgehead atoms. The SMILES string of the molecule is COc1cc(C(=O)O)ccc1NC(=O)C1CCCCCC1. The first-order valence-electron chi connectivity index (χ1n) is 7.34. The van der Waals surface area contributed by atoms with Crippen molar-refractivity contribution in [2.75, 3.05) is 12.4 Å². The topological polar surface area (TPSA) is 75.6 Å². The number of hydrogen-bond acceptors (Lipinski definition) is 3. The van der Waals surface area contributed by atoms with Crippen molar-refractivity contribution in [3.05, 3.63) is 23.8 Å². The number of methoxy groups -OCH3 is 1. The van der Waals surface area contributed by atoms with E-state index >= 15 is 0 Å². The van der Waals surface area contributed by atoms with Crippen molar-refractivity contribution in [3.8, 4) is 5.75 Å². The maximum absolute atomic E-state index is 12.3. The number of carbonyl (C=O) groups is 2. The Labute approximate surface area is 124 Å². The third kappa shape index (κ3) is 3.97. The number of aromatic carboxylic acids is 1. The number of carboxylic acids is 1. The molecular weight excluding hydrogens is 270 g/mol. The molecule has 0 unspecified atom stereocenters. The van der Waals surface area contributed by atoms with Crippen LogP contribution in [0.4, 0.5) is 5.69 Å². The van der Waals surface area contributed by atoms with Gasteiger partial charge in [0.05, 0.1) is 18.4 Å². The molecule has 0 atom stereocenters. The number of carbonyl (C=O) groups excluding carboxylic acids is 1. The van der Waals surface area contributed by atoms with E-state index in [9.17, 15) is 9.59 Å². The molecule has 21 heavy (non-hydrogen) atoms. The lowest BCUT2D eigenvalue weighted by Gasteiger charge is -2.16. The van der Waals surface area contributed by atoms with E-state index in [-0.39, 0.29) is 17.4 Å². The van der Waals surface area contributed by atoms with E-state index in [1.807, 2.05) is 0 Å². The van der Waals surface area contributed by atoms with Gasteiger partial charge in [-0.2, -0.15) is 0 Å². The molecule has 1 fully saturated rings. The largest absolute Gasteiger partial charge is 0.495 e. The lowest BCUT2D eigenvalue weighted by molar-refractivity contribution is -0.120. The summed E-state index contributed by atoms with van der Waals surface area (Å²) in [5.74, 6) is -0.610. The molecule has 1 aromatic rings. The monoisotopic (exact) mass is 291 g/mol. The zero-order valence-electron chi connectivity index (χ0n) is 12.2. The van der Waals surface area contributed by atoms with E-state index in [1.165, 1.54) is 32.1 Å². The highest BCUT2D eigenvalue weighted by atomic mass is 16.5. The number of rotatable bonds is 4. The van der Waals surface area contributed by atoms with Crippen LogP contribution in [0, 0.1) is 5.92 Å². The van der Waals surface area contributed by atoms with Crippen molar-refractivity contribution in [2.45, 2.75) is 38.5 Å². The zero-order valence-corrected chi connectivity index (χ0v) is 12.2. The fourth-order valence-corrected chi connectivity index (χ4v) is 2.70. The second-order valence-electron chi connectivity index (χ2n) is 5.40. The second kappa shape index (κ2) is 7.11. The summed E-state index contributed by atoms with van der Waals surface area (Å²) in [4.78, 5) is 23.3. The number of carboxylic acid groups (broad SMARTS) is 1. The molecule has 1 aliphatic rings. The fourth-order valence-electron chi connectivity index (χ4n) is 2.70. The van der Waals surface area contributed by atoms with Crippen LogP contribution in [0.1, 0.15) is 48.9 Å². The van der Waals surface area contributed by atoms with Crippen LogP contribution < -0.4 is 10.1 Å². The average molecular weight is 291 g/mol. The molecular formula is C16H21NO4. The molecule has 1 aromatic carbocycles. The Balaban J connectivity index is 2.10. The van der Waals surface area contributed by atoms with E-state index < -0.39 is 5.97 Å². The highest BCUT2D eigenvalue weighted by Crippen LogP contribution is 2.28. The molecule has 0 spiro atoms. The van der Waals surface area contributed by atoms with Crippen LogP contribution in [0.5, 0.6) is 5.75 Å². The third-order valence-electron chi connectivity index (χ3n) is 3.93. The summed E-state index contributed by atoms with van der Waals surface area (Å²) >= 11 is 0. The summed E-state index contributed by atoms with van der Waals surface area (Å²) in [7, 11) is 1.46. The lowest BCUT2D eigenvalue weighted by Crippen LogP contribution is -2.22. The molecule has 5 nitrogen and oxygen atoms in total. The molecule has 0 radical (unpaired) electrons. The van der Waals surface area contributed by atoms with Crippen LogP contribution in [0.3, 0.4) is 0 Å². The van der Waals surface area contributed by atoms with Crippen molar-refractivity contribution in [3.63, 3.8) is 0 Å². The van der Waals surface area contributed by atoms with Gasteiger partial charge >= 0.3 is 5.97 Å². The van der Waals surface area contributed by atoms with Gasteiger partial charge in [-0.1, -0.05) is 25.7 Å². The maximum Gasteiger partial charge on any atom is 0.335 e. The van der Waals surface area contributed by atoms with Crippen LogP contribution in [-0.4, -0.2) is 24.1 Å². The lowest BCUT2D eigenvalue weighted by atomic mass is 9.99. The standard InChI is InChI=1S/C16H21NO4/c1-21-14-10-12(16(19)20)8-9-13(14)17-15(18)11-6-4-2-3-5-7-11/h8-11H,2-7H2,1H3,(H,17,18)(H,19,20). The van der Waals surface area contributed by atoms with Gasteiger partial charge in [-0.05, 0) is 31.0 Å². The van der Waals surface area contributed by atoms with E-state index in [1.54, 1.807) is 6.07 Å². The Bertz CT molecular complexity index is 519. The predicted octanol–water partition coefficient (Wildman–Crippen LogP) is 3.30. The van der Waals surface area contributed by atoms with Gasteiger partial charge in [0.25, 0.3) is 0 Å². The van der Waals surface area contributed by atoms with E-state index in [2.05, 4.69) is 5.32 Å². The maximum atomic E-state index is 12.3. The molecule has 2 N–H and O–H groups in total. The molecule has 0 aromatic heterocycles. The fraction of sp³-hybridized carbons (Fsp3) is 0.500. The molecule has 2 rings (SSSR count). The number of hydrogen-bond donors (Lipinski definition) is 2. The second-order valence-corrected chi connectivity index (χ2v) is 5.40. The summed E-state index contributed by atoms with van der Waals surface area (Å²) in [6, 6.07) is 4.47. The van der Waals surface area contributed by atoms with E-state index in [0.29, 0.717) is 11.4 Å². The number of amides is 1. The zero-order chi connectivity index (χ0) is 15.2. The Hall–Kier alpha value is -2.04. The van der Waals surface area contributed by atoms with E-state index in [0.717, 1.165) is 25.7 Å².